The summed E-state index contributed by atoms with van der Waals surface area (Å²) >= 11 is 0. The Hall–Kier alpha value is -1.51. The second-order valence-electron chi connectivity index (χ2n) is 4.55. The molecule has 1 heterocycles. The van der Waals surface area contributed by atoms with Crippen LogP contribution in [0.2, 0.25) is 0 Å². The van der Waals surface area contributed by atoms with Crippen LogP contribution in [0, 0.1) is 5.92 Å². The van der Waals surface area contributed by atoms with Gasteiger partial charge in [-0.3, -0.25) is 4.79 Å². The first-order valence-electron chi connectivity index (χ1n) is 5.04. The molecular weight excluding hydrogens is 190 g/mol. The molecule has 1 aromatic carbocycles. The van der Waals surface area contributed by atoms with Crippen LogP contribution in [0.3, 0.4) is 0 Å². The van der Waals surface area contributed by atoms with Crippen molar-refractivity contribution in [2.45, 2.75) is 26.4 Å². The van der Waals surface area contributed by atoms with Crippen molar-refractivity contribution in [1.82, 2.24) is 0 Å². The van der Waals surface area contributed by atoms with Crippen molar-refractivity contribution in [1.29, 1.82) is 0 Å². The Labute approximate surface area is 89.2 Å². The van der Waals surface area contributed by atoms with Gasteiger partial charge >= 0.3 is 0 Å². The zero-order chi connectivity index (χ0) is 11.2. The third-order valence-electron chi connectivity index (χ3n) is 3.08. The fraction of sp³-hybridized carbons (Fsp3) is 0.417. The van der Waals surface area contributed by atoms with E-state index >= 15 is 0 Å². The molecule has 1 atom stereocenters. The van der Waals surface area contributed by atoms with Crippen LogP contribution in [0.15, 0.2) is 18.2 Å². The molecule has 0 fully saturated rings. The molecule has 3 nitrogen and oxygen atoms in total. The summed E-state index contributed by atoms with van der Waals surface area (Å²) in [6.07, 6.45) is 0. The Morgan fingerprint density at radius 2 is 2.07 bits per heavy atom. The highest BCUT2D eigenvalue weighted by Gasteiger charge is 2.39. The van der Waals surface area contributed by atoms with E-state index in [0.717, 1.165) is 0 Å². The number of carbonyl (C=O) groups is 1. The van der Waals surface area contributed by atoms with Crippen LogP contribution in [0.1, 0.15) is 31.1 Å². The normalized spacial score (nSPS) is 23.1. The molecule has 0 aromatic heterocycles. The predicted molar refractivity (Wildman–Crippen MR) is 59.1 cm³/mol. The minimum atomic E-state index is -0.444. The summed E-state index contributed by atoms with van der Waals surface area (Å²) in [5.74, 6) is 0.595. The lowest BCUT2D eigenvalue weighted by molar-refractivity contribution is 0.0319. The van der Waals surface area contributed by atoms with Crippen molar-refractivity contribution in [2.75, 3.05) is 5.73 Å². The molecule has 1 aromatic rings. The Bertz CT molecular complexity index is 424. The average Bonchev–Trinajstić information content (AvgIpc) is 2.16. The maximum atomic E-state index is 12.0. The summed E-state index contributed by atoms with van der Waals surface area (Å²) in [6.45, 7) is 5.73. The second kappa shape index (κ2) is 2.99. The number of Topliss-reactive ketones (excluding diaryl/α,β-unsaturated/α-hetero) is 1. The predicted octanol–water partition coefficient (Wildman–Crippen LogP) is 2.26. The number of hydrogen-bond donors (Lipinski definition) is 1. The molecule has 15 heavy (non-hydrogen) atoms. The maximum absolute atomic E-state index is 12.0. The van der Waals surface area contributed by atoms with Crippen LogP contribution >= 0.6 is 0 Å². The van der Waals surface area contributed by atoms with Crippen LogP contribution in [0.4, 0.5) is 5.69 Å². The number of nitrogen functional groups attached to an aromatic ring is 1. The number of ether oxygens (including phenoxy) is 1. The van der Waals surface area contributed by atoms with Crippen LogP contribution in [0.5, 0.6) is 5.75 Å². The second-order valence-corrected chi connectivity index (χ2v) is 4.55. The van der Waals surface area contributed by atoms with Crippen molar-refractivity contribution in [3.8, 4) is 5.75 Å². The molecular formula is C12H15NO2. The van der Waals surface area contributed by atoms with E-state index in [1.807, 2.05) is 20.8 Å². The molecule has 0 saturated heterocycles. The number of hydrogen-bond acceptors (Lipinski definition) is 3. The number of nitrogens with two attached hydrogens (primary N) is 1. The lowest BCUT2D eigenvalue weighted by atomic mass is 9.83. The van der Waals surface area contributed by atoms with Gasteiger partial charge < -0.3 is 10.5 Å². The quantitative estimate of drug-likeness (QED) is 0.661. The van der Waals surface area contributed by atoms with Crippen LogP contribution in [-0.4, -0.2) is 11.4 Å². The van der Waals surface area contributed by atoms with E-state index in [1.165, 1.54) is 0 Å². The smallest absolute Gasteiger partial charge is 0.173 e. The monoisotopic (exact) mass is 205 g/mol. The highest BCUT2D eigenvalue weighted by atomic mass is 16.5. The summed E-state index contributed by atoms with van der Waals surface area (Å²) in [4.78, 5) is 12.0. The fourth-order valence-electron chi connectivity index (χ4n) is 1.75. The standard InChI is InChI=1S/C12H15NO2/c1-7-11(14)9-6-8(13)4-5-10(9)15-12(7,2)3/h4-7H,13H2,1-3H3. The molecule has 1 aliphatic heterocycles. The van der Waals surface area contributed by atoms with Gasteiger partial charge in [0.1, 0.15) is 11.4 Å². The topological polar surface area (TPSA) is 52.3 Å². The third-order valence-corrected chi connectivity index (χ3v) is 3.08. The van der Waals surface area contributed by atoms with E-state index in [9.17, 15) is 4.79 Å². The number of benzene rings is 1. The Balaban J connectivity index is 2.55. The molecule has 1 unspecified atom stereocenters. The molecule has 1 aliphatic rings. The van der Waals surface area contributed by atoms with Gasteiger partial charge in [-0.2, -0.15) is 0 Å². The molecule has 80 valence electrons. The Morgan fingerprint density at radius 1 is 1.40 bits per heavy atom. The van der Waals surface area contributed by atoms with Gasteiger partial charge in [-0.15, -0.1) is 0 Å². The van der Waals surface area contributed by atoms with E-state index in [-0.39, 0.29) is 11.7 Å². The number of rotatable bonds is 0. The summed E-state index contributed by atoms with van der Waals surface area (Å²) in [5.41, 5.74) is 6.40. The Morgan fingerprint density at radius 3 is 2.73 bits per heavy atom. The Kier molecular flexibility index (Phi) is 2.00. The van der Waals surface area contributed by atoms with Gasteiger partial charge in [0.25, 0.3) is 0 Å². The first-order valence-corrected chi connectivity index (χ1v) is 5.04. The third kappa shape index (κ3) is 1.48. The molecule has 0 radical (unpaired) electrons. The van der Waals surface area contributed by atoms with E-state index < -0.39 is 5.60 Å². The molecule has 0 bridgehead atoms. The summed E-state index contributed by atoms with van der Waals surface area (Å²) in [6, 6.07) is 5.19. The number of fused-ring (bicyclic) bond motifs is 1. The lowest BCUT2D eigenvalue weighted by Crippen LogP contribution is -2.44. The van der Waals surface area contributed by atoms with E-state index in [0.29, 0.717) is 17.0 Å². The molecule has 0 amide bonds. The average molecular weight is 205 g/mol. The molecule has 3 heteroatoms. The number of ketones is 1. The van der Waals surface area contributed by atoms with Crippen molar-refractivity contribution in [3.05, 3.63) is 23.8 Å². The highest BCUT2D eigenvalue weighted by Crippen LogP contribution is 2.37. The van der Waals surface area contributed by atoms with Gasteiger partial charge in [-0.1, -0.05) is 6.92 Å². The van der Waals surface area contributed by atoms with Gasteiger partial charge in [-0.05, 0) is 32.0 Å². The minimum absolute atomic E-state index is 0.105. The largest absolute Gasteiger partial charge is 0.486 e. The van der Waals surface area contributed by atoms with Crippen molar-refractivity contribution >= 4 is 11.5 Å². The molecule has 0 saturated carbocycles. The summed E-state index contributed by atoms with van der Waals surface area (Å²) < 4.78 is 5.78. The molecule has 0 spiro atoms. The SMILES string of the molecule is CC1C(=O)c2cc(N)ccc2OC1(C)C. The lowest BCUT2D eigenvalue weighted by Gasteiger charge is -2.37. The van der Waals surface area contributed by atoms with Crippen molar-refractivity contribution in [3.63, 3.8) is 0 Å². The van der Waals surface area contributed by atoms with Gasteiger partial charge in [0.2, 0.25) is 0 Å². The van der Waals surface area contributed by atoms with Gasteiger partial charge in [0.15, 0.2) is 5.78 Å². The van der Waals surface area contributed by atoms with Crippen LogP contribution in [0.25, 0.3) is 0 Å². The molecule has 0 aliphatic carbocycles. The van der Waals surface area contributed by atoms with Crippen molar-refractivity contribution < 1.29 is 9.53 Å². The first kappa shape index (κ1) is 10.0. The number of anilines is 1. The number of carbonyl (C=O) groups excluding carboxylic acids is 1. The molecule has 2 rings (SSSR count). The van der Waals surface area contributed by atoms with Crippen LogP contribution in [-0.2, 0) is 0 Å². The highest BCUT2D eigenvalue weighted by molar-refractivity contribution is 6.02. The zero-order valence-corrected chi connectivity index (χ0v) is 9.20. The summed E-state index contributed by atoms with van der Waals surface area (Å²) in [7, 11) is 0. The van der Waals surface area contributed by atoms with Gasteiger partial charge in [-0.25, -0.2) is 0 Å². The van der Waals surface area contributed by atoms with E-state index in [4.69, 9.17) is 10.5 Å². The van der Waals surface area contributed by atoms with Crippen LogP contribution < -0.4 is 10.5 Å². The fourth-order valence-corrected chi connectivity index (χ4v) is 1.75. The van der Waals surface area contributed by atoms with Gasteiger partial charge in [0.05, 0.1) is 11.5 Å². The molecule has 2 N–H and O–H groups in total. The van der Waals surface area contributed by atoms with E-state index in [2.05, 4.69) is 0 Å². The zero-order valence-electron chi connectivity index (χ0n) is 9.20. The minimum Gasteiger partial charge on any atom is -0.486 e. The first-order chi connectivity index (χ1) is 6.92. The van der Waals surface area contributed by atoms with E-state index in [1.54, 1.807) is 18.2 Å². The van der Waals surface area contributed by atoms with Crippen molar-refractivity contribution in [2.24, 2.45) is 5.92 Å². The summed E-state index contributed by atoms with van der Waals surface area (Å²) in [5, 5.41) is 0. The van der Waals surface area contributed by atoms with Gasteiger partial charge in [0, 0.05) is 5.69 Å². The maximum Gasteiger partial charge on any atom is 0.173 e.